The van der Waals surface area contributed by atoms with Crippen molar-refractivity contribution >= 4 is 86.4 Å². The van der Waals surface area contributed by atoms with Gasteiger partial charge < -0.3 is 4.57 Å². The van der Waals surface area contributed by atoms with Crippen molar-refractivity contribution in [2.75, 3.05) is 0 Å². The predicted octanol–water partition coefficient (Wildman–Crippen LogP) is 15.5. The topological polar surface area (TPSA) is 4.93 Å². The largest absolute Gasteiger partial charge is 0.340 e. The Hall–Kier alpha value is -5.92. The molecule has 1 heterocycles. The van der Waals surface area contributed by atoms with Gasteiger partial charge in [-0.1, -0.05) is 151 Å². The average Bonchev–Trinajstić information content (AvgIpc) is 3.51. The molecular formula is C54H45N. The van der Waals surface area contributed by atoms with Gasteiger partial charge in [0, 0.05) is 28.4 Å². The van der Waals surface area contributed by atoms with E-state index in [-0.39, 0.29) is 10.8 Å². The standard InChI is InChI=1S/C54H45N/c1-8-55-51-43(39-23-19-35-17-15-31-11-9-13-33-21-25-41(39)49(35)47(31)33)27-37(53(2,3)4)29-45(51)46-30-38(54(5,6)7)28-44(52(46)55)40-24-20-36-18-16-32-12-10-14-34-22-26-42(40)50(36)48(32)34/h9-30H,8H2,1-7H3. The third kappa shape index (κ3) is 4.53. The first-order valence-corrected chi connectivity index (χ1v) is 20.0. The highest BCUT2D eigenvalue weighted by molar-refractivity contribution is 6.29. The first-order valence-electron chi connectivity index (χ1n) is 20.0. The lowest BCUT2D eigenvalue weighted by Gasteiger charge is -2.22. The fourth-order valence-corrected chi connectivity index (χ4v) is 9.91. The number of aryl methyl sites for hydroxylation is 1. The Morgan fingerprint density at radius 2 is 0.709 bits per heavy atom. The van der Waals surface area contributed by atoms with E-state index in [1.165, 1.54) is 120 Å². The first-order chi connectivity index (χ1) is 26.5. The van der Waals surface area contributed by atoms with Gasteiger partial charge in [-0.3, -0.25) is 0 Å². The molecule has 0 atom stereocenters. The van der Waals surface area contributed by atoms with E-state index >= 15 is 0 Å². The van der Waals surface area contributed by atoms with Gasteiger partial charge in [-0.05, 0) is 129 Å². The molecule has 0 N–H and O–H groups in total. The Labute approximate surface area is 322 Å². The van der Waals surface area contributed by atoms with Crippen molar-refractivity contribution in [3.05, 3.63) is 145 Å². The summed E-state index contributed by atoms with van der Waals surface area (Å²) in [5.41, 5.74) is 10.5. The van der Waals surface area contributed by atoms with Crippen LogP contribution in [0.2, 0.25) is 0 Å². The summed E-state index contributed by atoms with van der Waals surface area (Å²) in [7, 11) is 0. The number of hydrogen-bond donors (Lipinski definition) is 0. The Bertz CT molecular complexity index is 3100. The zero-order valence-electron chi connectivity index (χ0n) is 32.9. The molecule has 0 bridgehead atoms. The zero-order chi connectivity index (χ0) is 37.5. The van der Waals surface area contributed by atoms with Gasteiger partial charge in [-0.15, -0.1) is 0 Å². The van der Waals surface area contributed by atoms with Gasteiger partial charge in [0.25, 0.3) is 0 Å². The summed E-state index contributed by atoms with van der Waals surface area (Å²) in [5, 5.41) is 18.6. The fraction of sp³-hybridized carbons (Fsp3) is 0.185. The molecular weight excluding hydrogens is 663 g/mol. The van der Waals surface area contributed by atoms with Gasteiger partial charge in [-0.25, -0.2) is 0 Å². The van der Waals surface area contributed by atoms with Gasteiger partial charge in [-0.2, -0.15) is 0 Å². The molecule has 0 unspecified atom stereocenters. The normalized spacial score (nSPS) is 13.1. The molecule has 0 aliphatic carbocycles. The molecule has 11 aromatic rings. The predicted molar refractivity (Wildman–Crippen MR) is 241 cm³/mol. The molecule has 11 rings (SSSR count). The minimum Gasteiger partial charge on any atom is -0.340 e. The number of aromatic nitrogens is 1. The molecule has 0 saturated heterocycles. The van der Waals surface area contributed by atoms with E-state index in [0.29, 0.717) is 0 Å². The van der Waals surface area contributed by atoms with Gasteiger partial charge in [0.2, 0.25) is 0 Å². The molecule has 266 valence electrons. The van der Waals surface area contributed by atoms with Crippen molar-refractivity contribution in [2.45, 2.75) is 65.8 Å². The third-order valence-corrected chi connectivity index (χ3v) is 12.7. The van der Waals surface area contributed by atoms with Crippen LogP contribution in [0.1, 0.15) is 59.6 Å². The summed E-state index contributed by atoms with van der Waals surface area (Å²) in [5.74, 6) is 0. The smallest absolute Gasteiger partial charge is 0.0571 e. The maximum Gasteiger partial charge on any atom is 0.0571 e. The minimum atomic E-state index is -0.0378. The lowest BCUT2D eigenvalue weighted by molar-refractivity contribution is 0.590. The van der Waals surface area contributed by atoms with Gasteiger partial charge in [0.05, 0.1) is 11.0 Å². The monoisotopic (exact) mass is 707 g/mol. The Balaban J connectivity index is 1.32. The van der Waals surface area contributed by atoms with Crippen molar-refractivity contribution in [3.8, 4) is 22.3 Å². The van der Waals surface area contributed by atoms with Crippen LogP contribution < -0.4 is 0 Å². The second kappa shape index (κ2) is 11.1. The molecule has 1 nitrogen and oxygen atoms in total. The average molecular weight is 708 g/mol. The highest BCUT2D eigenvalue weighted by Gasteiger charge is 2.27. The lowest BCUT2D eigenvalue weighted by Crippen LogP contribution is -2.11. The highest BCUT2D eigenvalue weighted by atomic mass is 15.0. The third-order valence-electron chi connectivity index (χ3n) is 12.7. The number of nitrogens with zero attached hydrogens (tertiary/aromatic N) is 1. The molecule has 0 radical (unpaired) electrons. The van der Waals surface area contributed by atoms with E-state index in [1.807, 2.05) is 0 Å². The second-order valence-electron chi connectivity index (χ2n) is 18.0. The van der Waals surface area contributed by atoms with Crippen molar-refractivity contribution < 1.29 is 0 Å². The molecule has 0 saturated carbocycles. The van der Waals surface area contributed by atoms with Crippen LogP contribution in [0.3, 0.4) is 0 Å². The Morgan fingerprint density at radius 3 is 1.07 bits per heavy atom. The van der Waals surface area contributed by atoms with E-state index in [2.05, 4.69) is 186 Å². The molecule has 55 heavy (non-hydrogen) atoms. The van der Waals surface area contributed by atoms with Crippen LogP contribution in [0.4, 0.5) is 0 Å². The van der Waals surface area contributed by atoms with Crippen molar-refractivity contribution in [3.63, 3.8) is 0 Å². The lowest BCUT2D eigenvalue weighted by atomic mass is 9.81. The number of fused-ring (bicyclic) bond motifs is 3. The van der Waals surface area contributed by atoms with Crippen molar-refractivity contribution in [2.24, 2.45) is 0 Å². The summed E-state index contributed by atoms with van der Waals surface area (Å²) in [6.07, 6.45) is 0. The molecule has 0 fully saturated rings. The van der Waals surface area contributed by atoms with Crippen LogP contribution in [0, 0.1) is 0 Å². The maximum atomic E-state index is 2.64. The summed E-state index contributed by atoms with van der Waals surface area (Å²) in [6.45, 7) is 17.3. The van der Waals surface area contributed by atoms with Gasteiger partial charge >= 0.3 is 0 Å². The van der Waals surface area contributed by atoms with E-state index in [0.717, 1.165) is 6.54 Å². The quantitative estimate of drug-likeness (QED) is 0.161. The number of rotatable bonds is 3. The van der Waals surface area contributed by atoms with Crippen LogP contribution in [-0.4, -0.2) is 4.57 Å². The summed E-state index contributed by atoms with van der Waals surface area (Å²) >= 11 is 0. The van der Waals surface area contributed by atoms with E-state index in [4.69, 9.17) is 0 Å². The van der Waals surface area contributed by atoms with Crippen LogP contribution in [-0.2, 0) is 17.4 Å². The minimum absolute atomic E-state index is 0.0378. The molecule has 0 spiro atoms. The molecule has 1 aromatic heterocycles. The van der Waals surface area contributed by atoms with Crippen LogP contribution in [0.15, 0.2) is 133 Å². The van der Waals surface area contributed by atoms with Crippen LogP contribution in [0.5, 0.6) is 0 Å². The van der Waals surface area contributed by atoms with E-state index < -0.39 is 0 Å². The molecule has 10 aromatic carbocycles. The van der Waals surface area contributed by atoms with Crippen LogP contribution in [0.25, 0.3) is 109 Å². The first kappa shape index (κ1) is 32.5. The zero-order valence-corrected chi connectivity index (χ0v) is 32.9. The Kier molecular flexibility index (Phi) is 6.55. The van der Waals surface area contributed by atoms with Crippen molar-refractivity contribution in [1.29, 1.82) is 0 Å². The Morgan fingerprint density at radius 1 is 0.364 bits per heavy atom. The summed E-state index contributed by atoms with van der Waals surface area (Å²) in [6, 6.07) is 51.5. The summed E-state index contributed by atoms with van der Waals surface area (Å²) in [4.78, 5) is 0. The molecule has 0 aliphatic heterocycles. The van der Waals surface area contributed by atoms with Crippen LogP contribution >= 0.6 is 0 Å². The van der Waals surface area contributed by atoms with Gasteiger partial charge in [0.1, 0.15) is 0 Å². The summed E-state index contributed by atoms with van der Waals surface area (Å²) < 4.78 is 2.64. The van der Waals surface area contributed by atoms with E-state index in [9.17, 15) is 0 Å². The second-order valence-corrected chi connectivity index (χ2v) is 18.0. The number of benzene rings is 10. The highest BCUT2D eigenvalue weighted by Crippen LogP contribution is 2.49. The molecule has 1 heteroatoms. The maximum absolute atomic E-state index is 2.64. The van der Waals surface area contributed by atoms with Crippen molar-refractivity contribution in [1.82, 2.24) is 4.57 Å². The molecule has 0 aliphatic rings. The molecule has 0 amide bonds. The van der Waals surface area contributed by atoms with Gasteiger partial charge in [0.15, 0.2) is 0 Å². The number of hydrogen-bond acceptors (Lipinski definition) is 0. The SMILES string of the molecule is CCn1c2c(-c3ccc4ccc5cccc6ccc3c4c56)cc(C(C)(C)C)cc2c2cc(C(C)(C)C)cc(-c3ccc4ccc5cccc6ccc3c4c56)c21. The van der Waals surface area contributed by atoms with E-state index in [1.54, 1.807) is 0 Å². The fourth-order valence-electron chi connectivity index (χ4n) is 9.91.